The van der Waals surface area contributed by atoms with E-state index in [1.54, 1.807) is 0 Å². The van der Waals surface area contributed by atoms with Crippen molar-refractivity contribution in [3.8, 4) is 0 Å². The molecule has 3 rings (SSSR count). The third kappa shape index (κ3) is 2.52. The van der Waals surface area contributed by atoms with Crippen molar-refractivity contribution in [1.29, 1.82) is 0 Å². The molecule has 0 aromatic rings. The molecule has 3 fully saturated rings. The number of ether oxygens (including phenoxy) is 4. The first kappa shape index (κ1) is 16.4. The van der Waals surface area contributed by atoms with Crippen molar-refractivity contribution in [3.05, 3.63) is 0 Å². The van der Waals surface area contributed by atoms with Gasteiger partial charge in [-0.05, 0) is 32.0 Å². The molecule has 6 nitrogen and oxygen atoms in total. The lowest BCUT2D eigenvalue weighted by molar-refractivity contribution is -0.214. The summed E-state index contributed by atoms with van der Waals surface area (Å²) in [5.74, 6) is -1.07. The third-order valence-electron chi connectivity index (χ3n) is 5.04. The van der Waals surface area contributed by atoms with Gasteiger partial charge >= 0.3 is 5.97 Å². The van der Waals surface area contributed by atoms with Gasteiger partial charge in [0.15, 0.2) is 38.7 Å². The Morgan fingerprint density at radius 2 is 1.73 bits per heavy atom. The topological polar surface area (TPSA) is 63.2 Å². The standard InChI is InChI=1S/C15H26O6Si/c1-14(2,3)22(6,7)21-10-8-9(17-12(10)16)11-13(18-8)20-15(4,5)19-11/h8-11,13H,1-7H3/t8-,9-,10-,11-,13-/m0/s1. The minimum Gasteiger partial charge on any atom is -0.454 e. The third-order valence-corrected chi connectivity index (χ3v) is 9.49. The zero-order valence-corrected chi connectivity index (χ0v) is 15.3. The van der Waals surface area contributed by atoms with Crippen LogP contribution in [0.25, 0.3) is 0 Å². The van der Waals surface area contributed by atoms with E-state index >= 15 is 0 Å². The summed E-state index contributed by atoms with van der Waals surface area (Å²) in [5, 5.41) is 0.00876. The fourth-order valence-electron chi connectivity index (χ4n) is 2.83. The monoisotopic (exact) mass is 330 g/mol. The average Bonchev–Trinajstić information content (AvgIpc) is 2.87. The molecule has 3 aliphatic rings. The molecule has 0 N–H and O–H groups in total. The van der Waals surface area contributed by atoms with E-state index in [-0.39, 0.29) is 17.1 Å². The van der Waals surface area contributed by atoms with Gasteiger partial charge in [0.05, 0.1) is 0 Å². The lowest BCUT2D eigenvalue weighted by Crippen LogP contribution is -2.48. The second-order valence-corrected chi connectivity index (χ2v) is 13.0. The Bertz CT molecular complexity index is 483. The summed E-state index contributed by atoms with van der Waals surface area (Å²) in [6, 6.07) is 0. The number of fused-ring (bicyclic) bond motifs is 3. The van der Waals surface area contributed by atoms with Crippen LogP contribution in [0.2, 0.25) is 18.1 Å². The molecule has 0 unspecified atom stereocenters. The smallest absolute Gasteiger partial charge is 0.337 e. The fourth-order valence-corrected chi connectivity index (χ4v) is 4.05. The average molecular weight is 330 g/mol. The molecular weight excluding hydrogens is 304 g/mol. The van der Waals surface area contributed by atoms with Crippen molar-refractivity contribution in [2.45, 2.75) is 89.2 Å². The molecule has 3 saturated heterocycles. The lowest BCUT2D eigenvalue weighted by atomic mass is 10.1. The van der Waals surface area contributed by atoms with E-state index in [2.05, 4.69) is 33.9 Å². The highest BCUT2D eigenvalue weighted by atomic mass is 28.4. The molecule has 0 spiro atoms. The lowest BCUT2D eigenvalue weighted by Gasteiger charge is -2.38. The van der Waals surface area contributed by atoms with Gasteiger partial charge in [-0.2, -0.15) is 0 Å². The Morgan fingerprint density at radius 3 is 2.32 bits per heavy atom. The van der Waals surface area contributed by atoms with Gasteiger partial charge in [0, 0.05) is 0 Å². The molecule has 0 aromatic carbocycles. The Morgan fingerprint density at radius 1 is 1.09 bits per heavy atom. The maximum atomic E-state index is 12.2. The summed E-state index contributed by atoms with van der Waals surface area (Å²) in [6.07, 6.45) is -2.46. The van der Waals surface area contributed by atoms with E-state index in [0.717, 1.165) is 0 Å². The quantitative estimate of drug-likeness (QED) is 0.571. The van der Waals surface area contributed by atoms with Crippen LogP contribution >= 0.6 is 0 Å². The normalized spacial score (nSPS) is 40.5. The Balaban J connectivity index is 1.76. The first-order valence-electron chi connectivity index (χ1n) is 7.81. The molecule has 0 radical (unpaired) electrons. The van der Waals surface area contributed by atoms with Crippen molar-refractivity contribution in [2.75, 3.05) is 0 Å². The van der Waals surface area contributed by atoms with Gasteiger partial charge < -0.3 is 23.4 Å². The van der Waals surface area contributed by atoms with Crippen LogP contribution in [0.5, 0.6) is 0 Å². The first-order chi connectivity index (χ1) is 9.91. The van der Waals surface area contributed by atoms with E-state index in [1.807, 2.05) is 13.8 Å². The maximum absolute atomic E-state index is 12.2. The van der Waals surface area contributed by atoms with Gasteiger partial charge in [0.25, 0.3) is 0 Å². The predicted molar refractivity (Wildman–Crippen MR) is 80.6 cm³/mol. The maximum Gasteiger partial charge on any atom is 0.337 e. The zero-order valence-electron chi connectivity index (χ0n) is 14.3. The summed E-state index contributed by atoms with van der Waals surface area (Å²) in [7, 11) is -2.10. The second-order valence-electron chi connectivity index (χ2n) is 8.27. The summed E-state index contributed by atoms with van der Waals surface area (Å²) in [5.41, 5.74) is 0. The molecule has 3 aliphatic heterocycles. The van der Waals surface area contributed by atoms with Crippen LogP contribution in [0.4, 0.5) is 0 Å². The number of esters is 1. The van der Waals surface area contributed by atoms with Crippen molar-refractivity contribution < 1.29 is 28.2 Å². The van der Waals surface area contributed by atoms with Gasteiger partial charge in [0.1, 0.15) is 6.10 Å². The zero-order chi connectivity index (χ0) is 16.5. The summed E-state index contributed by atoms with van der Waals surface area (Å²) in [4.78, 5) is 12.2. The van der Waals surface area contributed by atoms with Crippen molar-refractivity contribution >= 4 is 14.3 Å². The van der Waals surface area contributed by atoms with E-state index in [4.69, 9.17) is 23.4 Å². The fraction of sp³-hybridized carbons (Fsp3) is 0.933. The number of carbonyl (C=O) groups excluding carboxylic acids is 1. The van der Waals surface area contributed by atoms with Gasteiger partial charge in [-0.25, -0.2) is 4.79 Å². The molecule has 0 aromatic heterocycles. The number of rotatable bonds is 2. The van der Waals surface area contributed by atoms with Crippen LogP contribution in [0.15, 0.2) is 0 Å². The Labute approximate surface area is 132 Å². The highest BCUT2D eigenvalue weighted by Crippen LogP contribution is 2.45. The highest BCUT2D eigenvalue weighted by Gasteiger charge is 2.64. The largest absolute Gasteiger partial charge is 0.454 e. The molecule has 126 valence electrons. The second kappa shape index (κ2) is 4.77. The van der Waals surface area contributed by atoms with Crippen LogP contribution in [-0.4, -0.2) is 50.8 Å². The van der Waals surface area contributed by atoms with Crippen LogP contribution in [0.1, 0.15) is 34.6 Å². The Kier molecular flexibility index (Phi) is 3.55. The number of hydrogen-bond donors (Lipinski definition) is 0. The SMILES string of the molecule is CC1(C)O[C@@H]2O[C@H]3[C@H](OC(=O)[C@H]3O[Si](C)(C)C(C)(C)C)[C@@H]2O1. The van der Waals surface area contributed by atoms with E-state index in [1.165, 1.54) is 0 Å². The van der Waals surface area contributed by atoms with Crippen LogP contribution in [0.3, 0.4) is 0 Å². The van der Waals surface area contributed by atoms with Crippen LogP contribution in [-0.2, 0) is 28.2 Å². The van der Waals surface area contributed by atoms with Crippen LogP contribution in [0, 0.1) is 0 Å². The molecule has 0 amide bonds. The first-order valence-corrected chi connectivity index (χ1v) is 10.7. The van der Waals surface area contributed by atoms with Gasteiger partial charge in [-0.1, -0.05) is 20.8 Å². The van der Waals surface area contributed by atoms with Crippen LogP contribution < -0.4 is 0 Å². The van der Waals surface area contributed by atoms with Crippen molar-refractivity contribution in [1.82, 2.24) is 0 Å². The molecule has 0 bridgehead atoms. The Hall–Kier alpha value is -0.473. The molecular formula is C15H26O6Si. The van der Waals surface area contributed by atoms with Gasteiger partial charge in [-0.3, -0.25) is 0 Å². The van der Waals surface area contributed by atoms with Gasteiger partial charge in [-0.15, -0.1) is 0 Å². The van der Waals surface area contributed by atoms with Gasteiger partial charge in [0.2, 0.25) is 0 Å². The van der Waals surface area contributed by atoms with E-state index in [9.17, 15) is 4.79 Å². The molecule has 0 aliphatic carbocycles. The number of carbonyl (C=O) groups is 1. The van der Waals surface area contributed by atoms with Crippen molar-refractivity contribution in [3.63, 3.8) is 0 Å². The predicted octanol–water partition coefficient (Wildman–Crippen LogP) is 2.18. The summed E-state index contributed by atoms with van der Waals surface area (Å²) < 4.78 is 29.1. The molecule has 0 saturated carbocycles. The molecule has 3 heterocycles. The minimum atomic E-state index is -2.10. The molecule has 5 atom stereocenters. The molecule has 7 heteroatoms. The molecule has 22 heavy (non-hydrogen) atoms. The number of hydrogen-bond acceptors (Lipinski definition) is 6. The van der Waals surface area contributed by atoms with E-state index < -0.39 is 38.7 Å². The minimum absolute atomic E-state index is 0.00876. The summed E-state index contributed by atoms with van der Waals surface area (Å²) >= 11 is 0. The van der Waals surface area contributed by atoms with Crippen molar-refractivity contribution in [2.24, 2.45) is 0 Å². The highest BCUT2D eigenvalue weighted by molar-refractivity contribution is 6.74. The summed E-state index contributed by atoms with van der Waals surface area (Å²) in [6.45, 7) is 14.3. The van der Waals surface area contributed by atoms with E-state index in [0.29, 0.717) is 0 Å².